The van der Waals surface area contributed by atoms with Gasteiger partial charge in [0.1, 0.15) is 0 Å². The molecule has 0 spiro atoms. The fourth-order valence-electron chi connectivity index (χ4n) is 9.20. The average molecular weight is 739 g/mol. The molecule has 5 aromatic rings. The van der Waals surface area contributed by atoms with Gasteiger partial charge in [0.15, 0.2) is 11.5 Å². The van der Waals surface area contributed by atoms with Crippen molar-refractivity contribution in [3.63, 3.8) is 0 Å². The van der Waals surface area contributed by atoms with E-state index in [-0.39, 0.29) is 17.9 Å². The molecule has 284 valence electrons. The van der Waals surface area contributed by atoms with Gasteiger partial charge in [0.2, 0.25) is 17.8 Å². The van der Waals surface area contributed by atoms with Gasteiger partial charge in [-0.25, -0.2) is 9.67 Å². The van der Waals surface area contributed by atoms with Crippen molar-refractivity contribution >= 4 is 51.7 Å². The van der Waals surface area contributed by atoms with Crippen molar-refractivity contribution in [2.45, 2.75) is 78.0 Å². The monoisotopic (exact) mass is 738 g/mol. The predicted octanol–water partition coefficient (Wildman–Crippen LogP) is 6.42. The number of nitrogens with one attached hydrogen (secondary N) is 3. The van der Waals surface area contributed by atoms with Crippen LogP contribution in [-0.4, -0.2) is 73.6 Å². The summed E-state index contributed by atoms with van der Waals surface area (Å²) < 4.78 is 1.81. The third kappa shape index (κ3) is 6.93. The van der Waals surface area contributed by atoms with E-state index < -0.39 is 0 Å². The van der Waals surface area contributed by atoms with E-state index in [2.05, 4.69) is 106 Å². The van der Waals surface area contributed by atoms with Crippen molar-refractivity contribution in [2.75, 3.05) is 41.7 Å². The van der Waals surface area contributed by atoms with E-state index in [1.54, 1.807) is 4.68 Å². The van der Waals surface area contributed by atoms with Gasteiger partial charge in [-0.2, -0.15) is 10.1 Å². The summed E-state index contributed by atoms with van der Waals surface area (Å²) in [5.41, 5.74) is 11.8. The summed E-state index contributed by atoms with van der Waals surface area (Å²) in [6.07, 6.45) is 6.27. The highest BCUT2D eigenvalue weighted by Gasteiger charge is 2.35. The van der Waals surface area contributed by atoms with Crippen LogP contribution < -0.4 is 20.9 Å². The van der Waals surface area contributed by atoms with Crippen molar-refractivity contribution in [3.05, 3.63) is 94.2 Å². The van der Waals surface area contributed by atoms with E-state index in [1.165, 1.54) is 51.9 Å². The Labute approximate surface area is 322 Å². The lowest BCUT2D eigenvalue weighted by Crippen LogP contribution is -2.50. The van der Waals surface area contributed by atoms with Gasteiger partial charge in [0, 0.05) is 82.0 Å². The molecule has 9 rings (SSSR count). The first-order valence-electron chi connectivity index (χ1n) is 19.8. The molecule has 0 aliphatic carbocycles. The zero-order valence-corrected chi connectivity index (χ0v) is 32.2. The van der Waals surface area contributed by atoms with E-state index in [4.69, 9.17) is 15.1 Å². The lowest BCUT2D eigenvalue weighted by atomic mass is 9.90. The van der Waals surface area contributed by atoms with Crippen molar-refractivity contribution < 1.29 is 9.59 Å². The Kier molecular flexibility index (Phi) is 9.26. The smallest absolute Gasteiger partial charge is 0.243 e. The van der Waals surface area contributed by atoms with Crippen LogP contribution in [0, 0.1) is 19.8 Å². The Morgan fingerprint density at radius 1 is 0.873 bits per heavy atom. The minimum absolute atomic E-state index is 0.153. The Morgan fingerprint density at radius 2 is 1.65 bits per heavy atom. The number of benzene rings is 3. The third-order valence-corrected chi connectivity index (χ3v) is 12.4. The first-order chi connectivity index (χ1) is 26.7. The van der Waals surface area contributed by atoms with Gasteiger partial charge in [-0.15, -0.1) is 0 Å². The van der Waals surface area contributed by atoms with Gasteiger partial charge >= 0.3 is 0 Å². The largest absolute Gasteiger partial charge is 0.372 e. The Morgan fingerprint density at radius 3 is 2.45 bits per heavy atom. The van der Waals surface area contributed by atoms with Crippen molar-refractivity contribution in [1.29, 1.82) is 0 Å². The summed E-state index contributed by atoms with van der Waals surface area (Å²) in [6, 6.07) is 19.9. The summed E-state index contributed by atoms with van der Waals surface area (Å²) >= 11 is 0. The number of piperidine rings is 2. The number of carbonyl (C=O) groups is 2. The number of aromatic nitrogens is 4. The third-order valence-electron chi connectivity index (χ3n) is 12.4. The van der Waals surface area contributed by atoms with E-state index in [9.17, 15) is 9.59 Å². The van der Waals surface area contributed by atoms with Gasteiger partial charge in [-0.1, -0.05) is 30.3 Å². The maximum absolute atomic E-state index is 12.5. The highest BCUT2D eigenvalue weighted by molar-refractivity contribution is 6.00. The van der Waals surface area contributed by atoms with Gasteiger partial charge in [-0.05, 0) is 110 Å². The van der Waals surface area contributed by atoms with Gasteiger partial charge in [0.05, 0.1) is 11.4 Å². The van der Waals surface area contributed by atoms with Gasteiger partial charge < -0.3 is 15.5 Å². The van der Waals surface area contributed by atoms with Crippen molar-refractivity contribution in [1.82, 2.24) is 34.9 Å². The molecule has 2 saturated heterocycles. The van der Waals surface area contributed by atoms with E-state index in [0.717, 1.165) is 73.9 Å². The van der Waals surface area contributed by atoms with Crippen LogP contribution in [-0.2, 0) is 36.1 Å². The summed E-state index contributed by atoms with van der Waals surface area (Å²) in [6.45, 7) is 12.4. The molecule has 6 heterocycles. The van der Waals surface area contributed by atoms with Crippen molar-refractivity contribution in [3.8, 4) is 0 Å². The van der Waals surface area contributed by atoms with Crippen LogP contribution in [0.1, 0.15) is 72.0 Å². The van der Waals surface area contributed by atoms with Crippen LogP contribution in [0.5, 0.6) is 0 Å². The second-order valence-electron chi connectivity index (χ2n) is 16.0. The number of hydrogen-bond donors (Lipinski definition) is 3. The number of para-hydroxylation sites is 1. The summed E-state index contributed by atoms with van der Waals surface area (Å²) in [4.78, 5) is 41.2. The number of rotatable bonds is 8. The molecule has 2 atom stereocenters. The van der Waals surface area contributed by atoms with Crippen LogP contribution in [0.4, 0.5) is 28.8 Å². The molecule has 2 fully saturated rings. The van der Waals surface area contributed by atoms with Crippen molar-refractivity contribution in [2.24, 2.45) is 13.0 Å². The molecule has 2 aromatic heterocycles. The number of aryl methyl sites for hydroxylation is 3. The molecule has 3 N–H and O–H groups in total. The van der Waals surface area contributed by atoms with Gasteiger partial charge in [0.25, 0.3) is 0 Å². The van der Waals surface area contributed by atoms with Crippen LogP contribution in [0.3, 0.4) is 0 Å². The predicted molar refractivity (Wildman–Crippen MR) is 216 cm³/mol. The molecule has 2 unspecified atom stereocenters. The van der Waals surface area contributed by atoms with Crippen LogP contribution in [0.25, 0.3) is 11.0 Å². The topological polar surface area (TPSA) is 124 Å². The fourth-order valence-corrected chi connectivity index (χ4v) is 9.20. The molecule has 0 radical (unpaired) electrons. The first-order valence-corrected chi connectivity index (χ1v) is 19.8. The number of amides is 2. The normalized spacial score (nSPS) is 20.8. The number of imide groups is 1. The minimum Gasteiger partial charge on any atom is -0.372 e. The first kappa shape index (κ1) is 35.4. The van der Waals surface area contributed by atoms with Crippen LogP contribution in [0.15, 0.2) is 60.8 Å². The highest BCUT2D eigenvalue weighted by Crippen LogP contribution is 2.36. The van der Waals surface area contributed by atoms with Gasteiger partial charge in [-0.3, -0.25) is 24.7 Å². The maximum atomic E-state index is 12.5. The Balaban J connectivity index is 0.814. The molecule has 4 aliphatic rings. The van der Waals surface area contributed by atoms with E-state index in [0.29, 0.717) is 30.7 Å². The molecule has 3 aromatic carbocycles. The van der Waals surface area contributed by atoms with E-state index >= 15 is 0 Å². The number of carbonyl (C=O) groups excluding carboxylic acids is 2. The molecule has 2 amide bonds. The highest BCUT2D eigenvalue weighted by atomic mass is 16.2. The fraction of sp³-hybridized carbons (Fsp3) is 0.419. The lowest BCUT2D eigenvalue weighted by Gasteiger charge is -2.40. The number of fused-ring (bicyclic) bond motifs is 3. The molecular weight excluding hydrogens is 689 g/mol. The molecule has 55 heavy (non-hydrogen) atoms. The summed E-state index contributed by atoms with van der Waals surface area (Å²) in [5.74, 6) is 1.65. The average Bonchev–Trinajstić information content (AvgIpc) is 3.74. The van der Waals surface area contributed by atoms with E-state index in [1.807, 2.05) is 13.2 Å². The molecular formula is C43H50N10O2. The van der Waals surface area contributed by atoms with Crippen LogP contribution >= 0.6 is 0 Å². The minimum atomic E-state index is -0.223. The molecule has 4 aliphatic heterocycles. The zero-order chi connectivity index (χ0) is 37.8. The van der Waals surface area contributed by atoms with Crippen LogP contribution in [0.2, 0.25) is 0 Å². The second kappa shape index (κ2) is 14.4. The quantitative estimate of drug-likeness (QED) is 0.154. The lowest BCUT2D eigenvalue weighted by molar-refractivity contribution is -0.137. The Bertz CT molecular complexity index is 2270. The second-order valence-corrected chi connectivity index (χ2v) is 16.0. The number of nitrogens with zero attached hydrogens (tertiary/aromatic N) is 7. The molecule has 0 bridgehead atoms. The maximum Gasteiger partial charge on any atom is 0.243 e. The standard InChI is InChI=1S/C43H50N10O2/c1-26-6-5-7-27(2)39(26)47-40-36-22-44-43(48-41(36)50(4)49-40)45-33-10-8-30-16-19-52(28(3)35(30)21-33)23-29-14-17-51(18-15-29)34-11-9-31-24-53(25-32(31)20-34)37-12-13-38(54)46-42(37)55/h5-11,20-22,28-29,37H,12-19,23-25H2,1-4H3,(H,47,49)(H,44,45,48)(H,46,54,55). The Hall–Kier alpha value is -5.33. The number of hydrogen-bond acceptors (Lipinski definition) is 10. The molecule has 12 nitrogen and oxygen atoms in total. The number of anilines is 5. The zero-order valence-electron chi connectivity index (χ0n) is 32.2. The summed E-state index contributed by atoms with van der Waals surface area (Å²) in [7, 11) is 1.92. The molecule has 12 heteroatoms. The summed E-state index contributed by atoms with van der Waals surface area (Å²) in [5, 5.41) is 15.1. The molecule has 0 saturated carbocycles. The SMILES string of the molecule is Cc1cccc(C)c1Nc1nn(C)c2nc(Nc3ccc4c(c3)C(C)N(CC3CCN(c5ccc6c(c5)CN(C5CCC(=O)NC5=O)C6)CC3)CC4)ncc12.